The molecular weight excluding hydrogens is 362 g/mol. The average molecular weight is 382 g/mol. The standard InChI is InChI=1S/C21H20F2N4O/c1-14-12-26(21(28)11-16-17(22)8-5-9-18(16)23)13-20-25-24-19(27(14)20)10-15-6-3-2-4-7-15/h2-9,14H,10-13H2,1H3/t14-/m0/s1. The zero-order valence-electron chi connectivity index (χ0n) is 15.5. The van der Waals surface area contributed by atoms with Crippen LogP contribution in [0.5, 0.6) is 0 Å². The predicted octanol–water partition coefficient (Wildman–Crippen LogP) is 3.29. The highest BCUT2D eigenvalue weighted by Crippen LogP contribution is 2.24. The van der Waals surface area contributed by atoms with E-state index < -0.39 is 11.6 Å². The van der Waals surface area contributed by atoms with Crippen molar-refractivity contribution in [3.05, 3.63) is 82.9 Å². The SMILES string of the molecule is C[C@H]1CN(C(=O)Cc2c(F)cccc2F)Cc2nnc(Cc3ccccc3)n21. The summed E-state index contributed by atoms with van der Waals surface area (Å²) in [4.78, 5) is 14.3. The zero-order valence-corrected chi connectivity index (χ0v) is 15.5. The summed E-state index contributed by atoms with van der Waals surface area (Å²) in [5.41, 5.74) is 0.940. The fraction of sp³-hybridized carbons (Fsp3) is 0.286. The van der Waals surface area contributed by atoms with Gasteiger partial charge in [0.2, 0.25) is 5.91 Å². The lowest BCUT2D eigenvalue weighted by Gasteiger charge is -2.32. The van der Waals surface area contributed by atoms with E-state index in [1.54, 1.807) is 4.90 Å². The smallest absolute Gasteiger partial charge is 0.227 e. The Balaban J connectivity index is 1.52. The van der Waals surface area contributed by atoms with Crippen molar-refractivity contribution in [1.82, 2.24) is 19.7 Å². The topological polar surface area (TPSA) is 51.0 Å². The van der Waals surface area contributed by atoms with Crippen LogP contribution >= 0.6 is 0 Å². The first kappa shape index (κ1) is 18.3. The second kappa shape index (κ2) is 7.50. The summed E-state index contributed by atoms with van der Waals surface area (Å²) < 4.78 is 29.8. The number of carbonyl (C=O) groups excluding carboxylic acids is 1. The third-order valence-corrected chi connectivity index (χ3v) is 5.04. The van der Waals surface area contributed by atoms with Crippen molar-refractivity contribution in [2.45, 2.75) is 32.4 Å². The largest absolute Gasteiger partial charge is 0.333 e. The molecule has 144 valence electrons. The summed E-state index contributed by atoms with van der Waals surface area (Å²) in [7, 11) is 0. The number of hydrogen-bond acceptors (Lipinski definition) is 3. The first-order chi connectivity index (χ1) is 13.5. The Morgan fingerprint density at radius 1 is 1.07 bits per heavy atom. The lowest BCUT2D eigenvalue weighted by atomic mass is 10.1. The average Bonchev–Trinajstić information content (AvgIpc) is 3.09. The van der Waals surface area contributed by atoms with Gasteiger partial charge in [0.1, 0.15) is 17.5 Å². The quantitative estimate of drug-likeness (QED) is 0.696. The summed E-state index contributed by atoms with van der Waals surface area (Å²) >= 11 is 0. The van der Waals surface area contributed by atoms with Crippen LogP contribution in [0.1, 0.15) is 35.7 Å². The van der Waals surface area contributed by atoms with Crippen molar-refractivity contribution in [3.63, 3.8) is 0 Å². The fourth-order valence-electron chi connectivity index (χ4n) is 3.67. The monoisotopic (exact) mass is 382 g/mol. The molecule has 0 saturated carbocycles. The Hall–Kier alpha value is -3.09. The molecule has 0 unspecified atom stereocenters. The van der Waals surface area contributed by atoms with Gasteiger partial charge in [0.05, 0.1) is 19.0 Å². The summed E-state index contributed by atoms with van der Waals surface area (Å²) in [6.45, 7) is 2.72. The lowest BCUT2D eigenvalue weighted by molar-refractivity contribution is -0.132. The molecule has 0 saturated heterocycles. The second-order valence-electron chi connectivity index (χ2n) is 7.07. The molecule has 0 aliphatic carbocycles. The highest BCUT2D eigenvalue weighted by Gasteiger charge is 2.29. The summed E-state index contributed by atoms with van der Waals surface area (Å²) in [5.74, 6) is -0.193. The molecule has 1 atom stereocenters. The van der Waals surface area contributed by atoms with E-state index in [9.17, 15) is 13.6 Å². The molecule has 2 heterocycles. The van der Waals surface area contributed by atoms with Gasteiger partial charge in [0.15, 0.2) is 5.82 Å². The van der Waals surface area contributed by atoms with Gasteiger partial charge in [-0.2, -0.15) is 0 Å². The molecule has 0 fully saturated rings. The van der Waals surface area contributed by atoms with Crippen LogP contribution in [0.15, 0.2) is 48.5 Å². The maximum absolute atomic E-state index is 13.9. The van der Waals surface area contributed by atoms with Gasteiger partial charge in [-0.3, -0.25) is 4.79 Å². The highest BCUT2D eigenvalue weighted by molar-refractivity contribution is 5.79. The normalized spacial score (nSPS) is 16.1. The maximum atomic E-state index is 13.9. The number of hydrogen-bond donors (Lipinski definition) is 0. The van der Waals surface area contributed by atoms with E-state index in [-0.39, 0.29) is 30.5 Å². The van der Waals surface area contributed by atoms with Crippen molar-refractivity contribution in [3.8, 4) is 0 Å². The second-order valence-corrected chi connectivity index (χ2v) is 7.07. The Kier molecular flexibility index (Phi) is 4.90. The first-order valence-electron chi connectivity index (χ1n) is 9.20. The van der Waals surface area contributed by atoms with Gasteiger partial charge in [-0.25, -0.2) is 8.78 Å². The van der Waals surface area contributed by atoms with Gasteiger partial charge in [-0.05, 0) is 24.6 Å². The van der Waals surface area contributed by atoms with E-state index in [4.69, 9.17) is 0 Å². The minimum Gasteiger partial charge on any atom is -0.333 e. The number of fused-ring (bicyclic) bond motifs is 1. The first-order valence-corrected chi connectivity index (χ1v) is 9.20. The van der Waals surface area contributed by atoms with Crippen LogP contribution < -0.4 is 0 Å². The van der Waals surface area contributed by atoms with E-state index in [0.29, 0.717) is 18.8 Å². The minimum absolute atomic E-state index is 0.0214. The number of halogens is 2. The van der Waals surface area contributed by atoms with Gasteiger partial charge in [0.25, 0.3) is 0 Å². The number of amides is 1. The van der Waals surface area contributed by atoms with Crippen LogP contribution in [-0.2, 0) is 24.2 Å². The Morgan fingerprint density at radius 3 is 2.50 bits per heavy atom. The number of carbonyl (C=O) groups is 1. The van der Waals surface area contributed by atoms with Crippen molar-refractivity contribution in [1.29, 1.82) is 0 Å². The van der Waals surface area contributed by atoms with E-state index >= 15 is 0 Å². The molecular formula is C21H20F2N4O. The molecule has 0 N–H and O–H groups in total. The van der Waals surface area contributed by atoms with Crippen LogP contribution in [0.25, 0.3) is 0 Å². The molecule has 4 rings (SSSR count). The number of nitrogens with zero attached hydrogens (tertiary/aromatic N) is 4. The van der Waals surface area contributed by atoms with Gasteiger partial charge < -0.3 is 9.47 Å². The summed E-state index contributed by atoms with van der Waals surface area (Å²) in [6.07, 6.45) is 0.350. The van der Waals surface area contributed by atoms with Crippen molar-refractivity contribution in [2.75, 3.05) is 6.54 Å². The molecule has 2 aromatic carbocycles. The third kappa shape index (κ3) is 3.52. The minimum atomic E-state index is -0.702. The van der Waals surface area contributed by atoms with E-state index in [2.05, 4.69) is 14.8 Å². The number of rotatable bonds is 4. The molecule has 3 aromatic rings. The predicted molar refractivity (Wildman–Crippen MR) is 99.5 cm³/mol. The molecule has 0 radical (unpaired) electrons. The van der Waals surface area contributed by atoms with Crippen LogP contribution in [0.4, 0.5) is 8.78 Å². The van der Waals surface area contributed by atoms with Crippen LogP contribution in [-0.4, -0.2) is 32.1 Å². The third-order valence-electron chi connectivity index (χ3n) is 5.04. The van der Waals surface area contributed by atoms with Crippen molar-refractivity contribution in [2.24, 2.45) is 0 Å². The molecule has 5 nitrogen and oxygen atoms in total. The summed E-state index contributed by atoms with van der Waals surface area (Å²) in [5, 5.41) is 8.55. The molecule has 7 heteroatoms. The van der Waals surface area contributed by atoms with Gasteiger partial charge in [-0.15, -0.1) is 10.2 Å². The molecule has 1 aliphatic heterocycles. The van der Waals surface area contributed by atoms with E-state index in [1.807, 2.05) is 37.3 Å². The van der Waals surface area contributed by atoms with Gasteiger partial charge in [-0.1, -0.05) is 36.4 Å². The van der Waals surface area contributed by atoms with Gasteiger partial charge in [0, 0.05) is 18.5 Å². The van der Waals surface area contributed by atoms with Crippen LogP contribution in [0, 0.1) is 11.6 Å². The Labute approximate surface area is 161 Å². The van der Waals surface area contributed by atoms with Crippen LogP contribution in [0.2, 0.25) is 0 Å². The Bertz CT molecular complexity index is 983. The van der Waals surface area contributed by atoms with Gasteiger partial charge >= 0.3 is 0 Å². The lowest BCUT2D eigenvalue weighted by Crippen LogP contribution is -2.41. The zero-order chi connectivity index (χ0) is 19.7. The number of benzene rings is 2. The highest BCUT2D eigenvalue weighted by atomic mass is 19.1. The number of aromatic nitrogens is 3. The Morgan fingerprint density at radius 2 is 1.79 bits per heavy atom. The van der Waals surface area contributed by atoms with Crippen molar-refractivity contribution < 1.29 is 13.6 Å². The fourth-order valence-corrected chi connectivity index (χ4v) is 3.67. The molecule has 28 heavy (non-hydrogen) atoms. The van der Waals surface area contributed by atoms with E-state index in [0.717, 1.165) is 23.5 Å². The molecule has 1 aliphatic rings. The molecule has 1 amide bonds. The maximum Gasteiger partial charge on any atom is 0.227 e. The summed E-state index contributed by atoms with van der Waals surface area (Å²) in [6, 6.07) is 13.6. The molecule has 1 aromatic heterocycles. The van der Waals surface area contributed by atoms with Crippen LogP contribution in [0.3, 0.4) is 0 Å². The van der Waals surface area contributed by atoms with E-state index in [1.165, 1.54) is 6.07 Å². The van der Waals surface area contributed by atoms with Crippen molar-refractivity contribution >= 4 is 5.91 Å². The molecule has 0 bridgehead atoms. The molecule has 0 spiro atoms.